The fourth-order valence-electron chi connectivity index (χ4n) is 1.63. The Bertz CT molecular complexity index is 476. The third-order valence-electron chi connectivity index (χ3n) is 2.75. The fourth-order valence-corrected chi connectivity index (χ4v) is 1.63. The molecule has 112 valence electrons. The highest BCUT2D eigenvalue weighted by molar-refractivity contribution is 5.78. The molecule has 1 aromatic rings. The molecule has 20 heavy (non-hydrogen) atoms. The third-order valence-corrected chi connectivity index (χ3v) is 2.75. The molecular weight excluding hydrogens is 275 g/mol. The lowest BCUT2D eigenvalue weighted by Gasteiger charge is -2.26. The molecule has 1 rings (SSSR count). The lowest BCUT2D eigenvalue weighted by Crippen LogP contribution is -2.53. The summed E-state index contributed by atoms with van der Waals surface area (Å²) in [5.74, 6) is -1.57. The largest absolute Gasteiger partial charge is 0.490 e. The van der Waals surface area contributed by atoms with Crippen molar-refractivity contribution in [3.05, 3.63) is 29.8 Å². The van der Waals surface area contributed by atoms with E-state index in [1.165, 1.54) is 19.1 Å². The Morgan fingerprint density at radius 3 is 2.45 bits per heavy atom. The molecule has 0 aromatic heterocycles. The molecule has 0 amide bonds. The number of rotatable bonds is 6. The van der Waals surface area contributed by atoms with Gasteiger partial charge in [-0.3, -0.25) is 10.1 Å². The van der Waals surface area contributed by atoms with Crippen LogP contribution in [0.3, 0.4) is 0 Å². The van der Waals surface area contributed by atoms with E-state index < -0.39 is 29.9 Å². The number of para-hydroxylation sites is 1. The van der Waals surface area contributed by atoms with Crippen LogP contribution in [-0.4, -0.2) is 29.8 Å². The molecule has 0 saturated carbocycles. The number of halogens is 3. The van der Waals surface area contributed by atoms with Gasteiger partial charge in [0, 0.05) is 0 Å². The summed E-state index contributed by atoms with van der Waals surface area (Å²) in [5.41, 5.74) is -2.38. The van der Waals surface area contributed by atoms with Crippen molar-refractivity contribution in [1.82, 2.24) is 5.32 Å². The molecule has 2 N–H and O–H groups in total. The number of aliphatic carboxylic acids is 1. The van der Waals surface area contributed by atoms with E-state index in [0.717, 1.165) is 12.1 Å². The minimum atomic E-state index is -4.55. The molecule has 1 aromatic carbocycles. The Balaban J connectivity index is 2.92. The van der Waals surface area contributed by atoms with Gasteiger partial charge in [0.05, 0.1) is 5.56 Å². The first-order valence-electron chi connectivity index (χ1n) is 5.98. The van der Waals surface area contributed by atoms with Crippen molar-refractivity contribution in [2.45, 2.75) is 25.6 Å². The normalized spacial score (nSPS) is 14.7. The smallest absolute Gasteiger partial charge is 0.419 e. The summed E-state index contributed by atoms with van der Waals surface area (Å²) in [4.78, 5) is 11.1. The van der Waals surface area contributed by atoms with Crippen molar-refractivity contribution < 1.29 is 27.8 Å². The summed E-state index contributed by atoms with van der Waals surface area (Å²) >= 11 is 0. The summed E-state index contributed by atoms with van der Waals surface area (Å²) in [5, 5.41) is 11.8. The zero-order chi connectivity index (χ0) is 15.4. The summed E-state index contributed by atoms with van der Waals surface area (Å²) in [6.07, 6.45) is -4.55. The lowest BCUT2D eigenvalue weighted by atomic mass is 10.0. The number of alkyl halides is 3. The highest BCUT2D eigenvalue weighted by Crippen LogP contribution is 2.36. The molecule has 0 bridgehead atoms. The monoisotopic (exact) mass is 291 g/mol. The van der Waals surface area contributed by atoms with E-state index in [1.54, 1.807) is 6.92 Å². The minimum Gasteiger partial charge on any atom is -0.490 e. The first-order valence-corrected chi connectivity index (χ1v) is 5.98. The quantitative estimate of drug-likeness (QED) is 0.845. The Morgan fingerprint density at radius 2 is 1.95 bits per heavy atom. The van der Waals surface area contributed by atoms with Gasteiger partial charge < -0.3 is 9.84 Å². The second-order valence-corrected chi connectivity index (χ2v) is 4.45. The van der Waals surface area contributed by atoms with Crippen LogP contribution in [0.1, 0.15) is 19.4 Å². The van der Waals surface area contributed by atoms with E-state index >= 15 is 0 Å². The van der Waals surface area contributed by atoms with Gasteiger partial charge in [0.1, 0.15) is 17.9 Å². The van der Waals surface area contributed by atoms with Crippen molar-refractivity contribution in [2.75, 3.05) is 13.2 Å². The minimum absolute atomic E-state index is 0.354. The molecule has 0 heterocycles. The maximum atomic E-state index is 12.8. The highest BCUT2D eigenvalue weighted by Gasteiger charge is 2.36. The van der Waals surface area contributed by atoms with E-state index in [0.29, 0.717) is 6.54 Å². The second-order valence-electron chi connectivity index (χ2n) is 4.45. The average Bonchev–Trinajstić information content (AvgIpc) is 2.36. The van der Waals surface area contributed by atoms with Crippen molar-refractivity contribution in [3.63, 3.8) is 0 Å². The molecule has 0 aliphatic rings. The lowest BCUT2D eigenvalue weighted by molar-refractivity contribution is -0.145. The number of carboxylic acid groups (broad SMARTS) is 1. The molecule has 1 unspecified atom stereocenters. The molecule has 7 heteroatoms. The number of hydrogen-bond donors (Lipinski definition) is 2. The van der Waals surface area contributed by atoms with Crippen molar-refractivity contribution in [1.29, 1.82) is 0 Å². The van der Waals surface area contributed by atoms with Crippen LogP contribution in [0, 0.1) is 0 Å². The van der Waals surface area contributed by atoms with E-state index in [9.17, 15) is 18.0 Å². The Kier molecular flexibility index (Phi) is 4.99. The predicted octanol–water partition coefficient (Wildman–Crippen LogP) is 2.54. The molecule has 0 fully saturated rings. The maximum absolute atomic E-state index is 12.8. The van der Waals surface area contributed by atoms with Gasteiger partial charge in [-0.15, -0.1) is 0 Å². The molecule has 0 aliphatic heterocycles. The Morgan fingerprint density at radius 1 is 1.35 bits per heavy atom. The summed E-state index contributed by atoms with van der Waals surface area (Å²) in [7, 11) is 0. The molecule has 4 nitrogen and oxygen atoms in total. The van der Waals surface area contributed by atoms with Crippen molar-refractivity contribution in [3.8, 4) is 5.75 Å². The molecular formula is C13H16F3NO3. The Hall–Kier alpha value is -1.76. The van der Waals surface area contributed by atoms with Crippen LogP contribution in [0.4, 0.5) is 13.2 Å². The Labute approximate surface area is 114 Å². The number of carbonyl (C=O) groups is 1. The zero-order valence-electron chi connectivity index (χ0n) is 11.1. The van der Waals surface area contributed by atoms with Gasteiger partial charge in [0.25, 0.3) is 0 Å². The molecule has 0 saturated heterocycles. The van der Waals surface area contributed by atoms with E-state index in [1.807, 2.05) is 0 Å². The summed E-state index contributed by atoms with van der Waals surface area (Å²) < 4.78 is 43.4. The van der Waals surface area contributed by atoms with Crippen molar-refractivity contribution >= 4 is 5.97 Å². The number of likely N-dealkylation sites (N-methyl/N-ethyl adjacent to an activating group) is 1. The van der Waals surface area contributed by atoms with Crippen LogP contribution < -0.4 is 10.1 Å². The fraction of sp³-hybridized carbons (Fsp3) is 0.462. The van der Waals surface area contributed by atoms with Gasteiger partial charge in [0.15, 0.2) is 0 Å². The topological polar surface area (TPSA) is 58.6 Å². The van der Waals surface area contributed by atoms with Crippen LogP contribution in [-0.2, 0) is 11.0 Å². The standard InChI is InChI=1S/C13H16F3NO3/c1-3-17-12(2,11(18)19)8-20-10-7-5-4-6-9(10)13(14,15)16/h4-7,17H,3,8H2,1-2H3,(H,18,19). The van der Waals surface area contributed by atoms with Crippen LogP contribution in [0.25, 0.3) is 0 Å². The first kappa shape index (κ1) is 16.3. The predicted molar refractivity (Wildman–Crippen MR) is 66.7 cm³/mol. The number of carboxylic acids is 1. The number of benzene rings is 1. The number of nitrogens with one attached hydrogen (secondary N) is 1. The third kappa shape index (κ3) is 3.86. The van der Waals surface area contributed by atoms with E-state index in [2.05, 4.69) is 5.32 Å². The number of hydrogen-bond acceptors (Lipinski definition) is 3. The SMILES string of the molecule is CCNC(C)(COc1ccccc1C(F)(F)F)C(=O)O. The van der Waals surface area contributed by atoms with Gasteiger partial charge >= 0.3 is 12.1 Å². The molecule has 0 radical (unpaired) electrons. The highest BCUT2D eigenvalue weighted by atomic mass is 19.4. The van der Waals surface area contributed by atoms with Gasteiger partial charge in [-0.05, 0) is 25.6 Å². The molecule has 0 aliphatic carbocycles. The van der Waals surface area contributed by atoms with Crippen LogP contribution in [0.2, 0.25) is 0 Å². The zero-order valence-corrected chi connectivity index (χ0v) is 11.1. The van der Waals surface area contributed by atoms with Gasteiger partial charge in [-0.1, -0.05) is 19.1 Å². The van der Waals surface area contributed by atoms with Gasteiger partial charge in [-0.2, -0.15) is 13.2 Å². The van der Waals surface area contributed by atoms with Crippen LogP contribution in [0.5, 0.6) is 5.75 Å². The van der Waals surface area contributed by atoms with E-state index in [4.69, 9.17) is 9.84 Å². The van der Waals surface area contributed by atoms with Gasteiger partial charge in [-0.25, -0.2) is 0 Å². The van der Waals surface area contributed by atoms with Crippen LogP contribution in [0.15, 0.2) is 24.3 Å². The molecule has 1 atom stereocenters. The first-order chi connectivity index (χ1) is 9.20. The second kappa shape index (κ2) is 6.13. The molecule has 0 spiro atoms. The van der Waals surface area contributed by atoms with Crippen molar-refractivity contribution in [2.24, 2.45) is 0 Å². The summed E-state index contributed by atoms with van der Waals surface area (Å²) in [6, 6.07) is 4.70. The van der Waals surface area contributed by atoms with Crippen LogP contribution >= 0.6 is 0 Å². The van der Waals surface area contributed by atoms with E-state index in [-0.39, 0.29) is 5.75 Å². The average molecular weight is 291 g/mol. The van der Waals surface area contributed by atoms with Gasteiger partial charge in [0.2, 0.25) is 0 Å². The number of ether oxygens (including phenoxy) is 1. The summed E-state index contributed by atoms with van der Waals surface area (Å²) in [6.45, 7) is 3.00. The maximum Gasteiger partial charge on any atom is 0.419 e.